The van der Waals surface area contributed by atoms with E-state index < -0.39 is 10.0 Å². The fourth-order valence-corrected chi connectivity index (χ4v) is 4.92. The maximum absolute atomic E-state index is 12.5. The molecule has 0 aliphatic carbocycles. The highest BCUT2D eigenvalue weighted by atomic mass is 32.2. The lowest BCUT2D eigenvalue weighted by Crippen LogP contribution is -2.12. The Hall–Kier alpha value is -2.37. The number of nitrogens with one attached hydrogen (secondary N) is 1. The molecule has 0 unspecified atom stereocenters. The molecule has 0 atom stereocenters. The van der Waals surface area contributed by atoms with Gasteiger partial charge in [-0.3, -0.25) is 4.72 Å². The zero-order chi connectivity index (χ0) is 16.7. The van der Waals surface area contributed by atoms with Crippen LogP contribution in [0.25, 0.3) is 20.2 Å². The second-order valence-electron chi connectivity index (χ2n) is 5.73. The summed E-state index contributed by atoms with van der Waals surface area (Å²) in [6, 6.07) is 20.7. The van der Waals surface area contributed by atoms with Gasteiger partial charge in [-0.05, 0) is 37.3 Å². The van der Waals surface area contributed by atoms with Gasteiger partial charge < -0.3 is 0 Å². The smallest absolute Gasteiger partial charge is 0.261 e. The molecule has 3 nitrogen and oxygen atoms in total. The molecule has 1 N–H and O–H groups in total. The molecular formula is C19H15NO2S2. The molecule has 0 amide bonds. The molecule has 3 aromatic carbocycles. The fourth-order valence-electron chi connectivity index (χ4n) is 2.72. The van der Waals surface area contributed by atoms with Gasteiger partial charge in [0.2, 0.25) is 0 Å². The van der Waals surface area contributed by atoms with Gasteiger partial charge in [0.15, 0.2) is 0 Å². The van der Waals surface area contributed by atoms with E-state index >= 15 is 0 Å². The molecule has 0 saturated heterocycles. The Bertz CT molecular complexity index is 1140. The number of benzene rings is 3. The summed E-state index contributed by atoms with van der Waals surface area (Å²) < 4.78 is 30.0. The van der Waals surface area contributed by atoms with Crippen LogP contribution in [0.5, 0.6) is 0 Å². The second kappa shape index (κ2) is 5.61. The van der Waals surface area contributed by atoms with Crippen molar-refractivity contribution in [3.05, 3.63) is 72.3 Å². The van der Waals surface area contributed by atoms with E-state index in [-0.39, 0.29) is 4.90 Å². The van der Waals surface area contributed by atoms with E-state index in [1.165, 1.54) is 10.1 Å². The van der Waals surface area contributed by atoms with Gasteiger partial charge in [-0.2, -0.15) is 0 Å². The Morgan fingerprint density at radius 2 is 1.54 bits per heavy atom. The van der Waals surface area contributed by atoms with Gasteiger partial charge in [0.05, 0.1) is 10.6 Å². The van der Waals surface area contributed by atoms with E-state index in [0.29, 0.717) is 5.69 Å². The number of aryl methyl sites for hydroxylation is 1. The molecule has 24 heavy (non-hydrogen) atoms. The molecule has 5 heteroatoms. The van der Waals surface area contributed by atoms with E-state index in [1.807, 2.05) is 37.3 Å². The van der Waals surface area contributed by atoms with Crippen molar-refractivity contribution in [1.29, 1.82) is 0 Å². The minimum Gasteiger partial charge on any atom is -0.280 e. The van der Waals surface area contributed by atoms with Crippen LogP contribution in [0.3, 0.4) is 0 Å². The third kappa shape index (κ3) is 2.66. The lowest BCUT2D eigenvalue weighted by atomic mass is 10.1. The zero-order valence-electron chi connectivity index (χ0n) is 13.0. The zero-order valence-corrected chi connectivity index (χ0v) is 14.6. The normalized spacial score (nSPS) is 11.9. The van der Waals surface area contributed by atoms with Gasteiger partial charge in [0.25, 0.3) is 10.0 Å². The van der Waals surface area contributed by atoms with Crippen molar-refractivity contribution in [3.63, 3.8) is 0 Å². The monoisotopic (exact) mass is 353 g/mol. The van der Waals surface area contributed by atoms with E-state index in [9.17, 15) is 8.42 Å². The number of thiophene rings is 1. The number of anilines is 1. The van der Waals surface area contributed by atoms with Crippen molar-refractivity contribution in [2.45, 2.75) is 11.8 Å². The minimum atomic E-state index is -3.57. The average molecular weight is 353 g/mol. The number of rotatable bonds is 3. The lowest BCUT2D eigenvalue weighted by Gasteiger charge is -2.08. The van der Waals surface area contributed by atoms with E-state index in [4.69, 9.17) is 0 Å². The molecule has 1 aromatic heterocycles. The predicted octanol–water partition coefficient (Wildman–Crippen LogP) is 5.16. The molecule has 4 rings (SSSR count). The van der Waals surface area contributed by atoms with Crippen LogP contribution in [0.15, 0.2) is 71.6 Å². The van der Waals surface area contributed by atoms with Gasteiger partial charge in [-0.1, -0.05) is 42.0 Å². The molecule has 0 saturated carbocycles. The quantitative estimate of drug-likeness (QED) is 0.553. The molecule has 0 fully saturated rings. The first-order valence-electron chi connectivity index (χ1n) is 7.54. The maximum atomic E-state index is 12.5. The van der Waals surface area contributed by atoms with Crippen LogP contribution in [0.1, 0.15) is 5.56 Å². The van der Waals surface area contributed by atoms with E-state index in [0.717, 1.165) is 15.6 Å². The van der Waals surface area contributed by atoms with Gasteiger partial charge in [0, 0.05) is 20.2 Å². The molecular weight excluding hydrogens is 338 g/mol. The summed E-state index contributed by atoms with van der Waals surface area (Å²) in [6.07, 6.45) is 0. The lowest BCUT2D eigenvalue weighted by molar-refractivity contribution is 0.601. The molecule has 0 radical (unpaired) electrons. The highest BCUT2D eigenvalue weighted by Crippen LogP contribution is 2.35. The predicted molar refractivity (Wildman–Crippen MR) is 101 cm³/mol. The second-order valence-corrected chi connectivity index (χ2v) is 8.49. The topological polar surface area (TPSA) is 46.2 Å². The van der Waals surface area contributed by atoms with Crippen molar-refractivity contribution >= 4 is 47.2 Å². The third-order valence-corrected chi connectivity index (χ3v) is 6.49. The SMILES string of the molecule is Cc1ccc(S(=O)(=O)Nc2ccc3c(c2)sc2ccccc23)cc1. The standard InChI is InChI=1S/C19H15NO2S2/c1-13-6-9-15(10-7-13)24(21,22)20-14-8-11-17-16-4-2-3-5-18(16)23-19(17)12-14/h2-12,20H,1H3. The number of hydrogen-bond donors (Lipinski definition) is 1. The summed E-state index contributed by atoms with van der Waals surface area (Å²) in [5, 5.41) is 2.35. The van der Waals surface area contributed by atoms with Crippen LogP contribution < -0.4 is 4.72 Å². The van der Waals surface area contributed by atoms with Crippen molar-refractivity contribution in [2.24, 2.45) is 0 Å². The van der Waals surface area contributed by atoms with Crippen LogP contribution >= 0.6 is 11.3 Å². The van der Waals surface area contributed by atoms with Crippen molar-refractivity contribution in [1.82, 2.24) is 0 Å². The maximum Gasteiger partial charge on any atom is 0.261 e. The summed E-state index contributed by atoms with van der Waals surface area (Å²) in [5.41, 5.74) is 1.61. The summed E-state index contributed by atoms with van der Waals surface area (Å²) in [7, 11) is -3.57. The first-order valence-corrected chi connectivity index (χ1v) is 9.84. The van der Waals surface area contributed by atoms with Gasteiger partial charge in [-0.25, -0.2) is 8.42 Å². The fraction of sp³-hybridized carbons (Fsp3) is 0.0526. The summed E-state index contributed by atoms with van der Waals surface area (Å²) >= 11 is 1.66. The van der Waals surface area contributed by atoms with Crippen LogP contribution in [0.4, 0.5) is 5.69 Å². The number of sulfonamides is 1. The minimum absolute atomic E-state index is 0.268. The molecule has 0 bridgehead atoms. The Morgan fingerprint density at radius 3 is 2.33 bits per heavy atom. The van der Waals surface area contributed by atoms with Crippen LogP contribution in [0.2, 0.25) is 0 Å². The van der Waals surface area contributed by atoms with Gasteiger partial charge in [-0.15, -0.1) is 11.3 Å². The van der Waals surface area contributed by atoms with Crippen LogP contribution in [-0.4, -0.2) is 8.42 Å². The highest BCUT2D eigenvalue weighted by Gasteiger charge is 2.14. The van der Waals surface area contributed by atoms with Crippen molar-refractivity contribution in [3.8, 4) is 0 Å². The molecule has 0 spiro atoms. The molecule has 1 heterocycles. The Labute approximate surface area is 144 Å². The van der Waals surface area contributed by atoms with Gasteiger partial charge >= 0.3 is 0 Å². The molecule has 0 aliphatic rings. The highest BCUT2D eigenvalue weighted by molar-refractivity contribution is 7.92. The van der Waals surface area contributed by atoms with Crippen molar-refractivity contribution < 1.29 is 8.42 Å². The largest absolute Gasteiger partial charge is 0.280 e. The van der Waals surface area contributed by atoms with Crippen LogP contribution in [-0.2, 0) is 10.0 Å². The number of fused-ring (bicyclic) bond motifs is 3. The average Bonchev–Trinajstić information content (AvgIpc) is 2.92. The third-order valence-electron chi connectivity index (χ3n) is 3.96. The van der Waals surface area contributed by atoms with E-state index in [1.54, 1.807) is 35.6 Å². The summed E-state index contributed by atoms with van der Waals surface area (Å²) in [6.45, 7) is 1.93. The van der Waals surface area contributed by atoms with Gasteiger partial charge in [0.1, 0.15) is 0 Å². The Balaban J connectivity index is 1.74. The molecule has 4 aromatic rings. The van der Waals surface area contributed by atoms with E-state index in [2.05, 4.69) is 16.9 Å². The van der Waals surface area contributed by atoms with Crippen LogP contribution in [0, 0.1) is 6.92 Å². The Morgan fingerprint density at radius 1 is 0.833 bits per heavy atom. The van der Waals surface area contributed by atoms with Crippen molar-refractivity contribution in [2.75, 3.05) is 4.72 Å². The molecule has 0 aliphatic heterocycles. The summed E-state index contributed by atoms with van der Waals surface area (Å²) in [5.74, 6) is 0. The number of hydrogen-bond acceptors (Lipinski definition) is 3. The summed E-state index contributed by atoms with van der Waals surface area (Å²) in [4.78, 5) is 0.268. The molecule has 120 valence electrons. The first-order chi connectivity index (χ1) is 11.5. The first kappa shape index (κ1) is 15.2. The Kier molecular flexibility index (Phi) is 3.55.